The number of nitrogens with zero attached hydrogens (tertiary/aromatic N) is 1. The molecule has 1 N–H and O–H groups in total. The van der Waals surface area contributed by atoms with E-state index in [0.717, 1.165) is 0 Å². The lowest BCUT2D eigenvalue weighted by molar-refractivity contribution is 0.102. The summed E-state index contributed by atoms with van der Waals surface area (Å²) in [6.07, 6.45) is 0. The van der Waals surface area contributed by atoms with Gasteiger partial charge in [-0.25, -0.2) is 4.98 Å². The van der Waals surface area contributed by atoms with Gasteiger partial charge in [-0.3, -0.25) is 4.79 Å². The Hall–Kier alpha value is -0.520. The topological polar surface area (TPSA) is 42.0 Å². The van der Waals surface area contributed by atoms with Gasteiger partial charge in [0.2, 0.25) is 0 Å². The van der Waals surface area contributed by atoms with E-state index in [9.17, 15) is 4.79 Å². The molecule has 0 saturated carbocycles. The average Bonchev–Trinajstić information content (AvgIpc) is 2.32. The average molecular weight is 415 g/mol. The zero-order chi connectivity index (χ0) is 14.9. The number of nitrogens with one attached hydrogen (secondary N) is 1. The van der Waals surface area contributed by atoms with Crippen molar-refractivity contribution in [3.63, 3.8) is 0 Å². The molecule has 1 heterocycles. The van der Waals surface area contributed by atoms with Crippen molar-refractivity contribution in [2.75, 3.05) is 5.32 Å². The first-order valence-electron chi connectivity index (χ1n) is 5.16. The van der Waals surface area contributed by atoms with Gasteiger partial charge < -0.3 is 5.32 Å². The Balaban J connectivity index is 2.32. The Bertz CT molecular complexity index is 650. The molecule has 0 spiro atoms. The Labute approximate surface area is 143 Å². The molecule has 3 nitrogen and oxygen atoms in total. The van der Waals surface area contributed by atoms with Crippen LogP contribution in [0.4, 0.5) is 5.69 Å². The van der Waals surface area contributed by atoms with Crippen LogP contribution in [0.3, 0.4) is 0 Å². The van der Waals surface area contributed by atoms with Gasteiger partial charge in [0.15, 0.2) is 0 Å². The minimum Gasteiger partial charge on any atom is -0.319 e. The van der Waals surface area contributed by atoms with Crippen LogP contribution in [0.1, 0.15) is 10.4 Å². The van der Waals surface area contributed by atoms with Crippen LogP contribution in [-0.4, -0.2) is 10.9 Å². The summed E-state index contributed by atoms with van der Waals surface area (Å²) >= 11 is 26.8. The molecule has 8 heteroatoms. The number of rotatable bonds is 2. The Kier molecular flexibility index (Phi) is 5.15. The lowest BCUT2D eigenvalue weighted by Crippen LogP contribution is -2.13. The van der Waals surface area contributed by atoms with Gasteiger partial charge in [0, 0.05) is 10.0 Å². The fourth-order valence-corrected chi connectivity index (χ4v) is 3.21. The molecule has 0 fully saturated rings. The molecular formula is C12H5BrCl4N2O. The molecule has 1 aromatic carbocycles. The predicted octanol–water partition coefficient (Wildman–Crippen LogP) is 5.71. The molecule has 0 atom stereocenters. The first-order valence-corrected chi connectivity index (χ1v) is 7.46. The van der Waals surface area contributed by atoms with E-state index in [1.54, 1.807) is 12.1 Å². The maximum atomic E-state index is 12.1. The van der Waals surface area contributed by atoms with E-state index in [4.69, 9.17) is 46.4 Å². The van der Waals surface area contributed by atoms with E-state index in [0.29, 0.717) is 20.2 Å². The number of hydrogen-bond donors (Lipinski definition) is 1. The van der Waals surface area contributed by atoms with Crippen LogP contribution in [0.15, 0.2) is 28.7 Å². The SMILES string of the molecule is O=C(Nc1c(Cl)cc(Br)cc1Cl)c1cc(Cl)nc(Cl)c1. The van der Waals surface area contributed by atoms with Gasteiger partial charge >= 0.3 is 0 Å². The largest absolute Gasteiger partial charge is 0.319 e. The highest BCUT2D eigenvalue weighted by molar-refractivity contribution is 9.10. The number of anilines is 1. The zero-order valence-electron chi connectivity index (χ0n) is 9.55. The quantitative estimate of drug-likeness (QED) is 0.639. The summed E-state index contributed by atoms with van der Waals surface area (Å²) in [6, 6.07) is 6.03. The maximum Gasteiger partial charge on any atom is 0.255 e. The maximum absolute atomic E-state index is 12.1. The van der Waals surface area contributed by atoms with Gasteiger partial charge in [0.1, 0.15) is 10.3 Å². The summed E-state index contributed by atoms with van der Waals surface area (Å²) in [4.78, 5) is 15.9. The van der Waals surface area contributed by atoms with Gasteiger partial charge in [-0.05, 0) is 24.3 Å². The normalized spacial score (nSPS) is 10.4. The van der Waals surface area contributed by atoms with Gasteiger partial charge in [-0.2, -0.15) is 0 Å². The molecule has 1 aromatic heterocycles. The summed E-state index contributed by atoms with van der Waals surface area (Å²) in [6.45, 7) is 0. The molecule has 0 bridgehead atoms. The fraction of sp³-hybridized carbons (Fsp3) is 0. The third kappa shape index (κ3) is 3.77. The number of amides is 1. The van der Waals surface area contributed by atoms with Gasteiger partial charge in [0.05, 0.1) is 15.7 Å². The summed E-state index contributed by atoms with van der Waals surface area (Å²) in [5, 5.41) is 3.47. The standard InChI is InChI=1S/C12H5BrCl4N2O/c13-6-3-7(14)11(8(15)4-6)19-12(20)5-1-9(16)18-10(17)2-5/h1-4H,(H,19,20). The molecule has 2 rings (SSSR count). The highest BCUT2D eigenvalue weighted by Crippen LogP contribution is 2.34. The van der Waals surface area contributed by atoms with E-state index >= 15 is 0 Å². The van der Waals surface area contributed by atoms with E-state index in [1.807, 2.05) is 0 Å². The third-order valence-corrected chi connectivity index (χ3v) is 3.71. The Morgan fingerprint density at radius 3 is 2.00 bits per heavy atom. The first kappa shape index (κ1) is 15.9. The van der Waals surface area contributed by atoms with E-state index in [1.165, 1.54) is 12.1 Å². The number of carbonyl (C=O) groups is 1. The van der Waals surface area contributed by atoms with Gasteiger partial charge in [0.25, 0.3) is 5.91 Å². The lowest BCUT2D eigenvalue weighted by Gasteiger charge is -2.10. The molecule has 0 radical (unpaired) electrons. The van der Waals surface area contributed by atoms with Crippen LogP contribution in [0.25, 0.3) is 0 Å². The smallest absolute Gasteiger partial charge is 0.255 e. The molecule has 20 heavy (non-hydrogen) atoms. The monoisotopic (exact) mass is 412 g/mol. The van der Waals surface area contributed by atoms with Crippen molar-refractivity contribution in [3.05, 3.63) is 54.7 Å². The molecule has 0 aliphatic rings. The van der Waals surface area contributed by atoms with E-state index in [2.05, 4.69) is 26.2 Å². The number of aromatic nitrogens is 1. The summed E-state index contributed by atoms with van der Waals surface area (Å²) in [7, 11) is 0. The fourth-order valence-electron chi connectivity index (χ4n) is 1.44. The summed E-state index contributed by atoms with van der Waals surface area (Å²) < 4.78 is 0.709. The van der Waals surface area contributed by atoms with Crippen LogP contribution >= 0.6 is 62.3 Å². The molecule has 0 unspecified atom stereocenters. The van der Waals surface area contributed by atoms with Crippen LogP contribution in [0.2, 0.25) is 20.4 Å². The molecule has 2 aromatic rings. The zero-order valence-corrected chi connectivity index (χ0v) is 14.2. The van der Waals surface area contributed by atoms with Crippen molar-refractivity contribution < 1.29 is 4.79 Å². The molecule has 1 amide bonds. The molecule has 0 aliphatic heterocycles. The predicted molar refractivity (Wildman–Crippen MR) is 86.4 cm³/mol. The van der Waals surface area contributed by atoms with Crippen LogP contribution in [0.5, 0.6) is 0 Å². The number of carbonyl (C=O) groups excluding carboxylic acids is 1. The van der Waals surface area contributed by atoms with Crippen LogP contribution in [-0.2, 0) is 0 Å². The highest BCUT2D eigenvalue weighted by atomic mass is 79.9. The summed E-state index contributed by atoms with van der Waals surface area (Å²) in [5.41, 5.74) is 0.565. The van der Waals surface area contributed by atoms with Crippen molar-refractivity contribution in [2.45, 2.75) is 0 Å². The number of halogens is 5. The number of benzene rings is 1. The van der Waals surface area contributed by atoms with Crippen molar-refractivity contribution in [1.82, 2.24) is 4.98 Å². The molecule has 0 aliphatic carbocycles. The van der Waals surface area contributed by atoms with E-state index in [-0.39, 0.29) is 15.9 Å². The van der Waals surface area contributed by atoms with Gasteiger partial charge in [-0.1, -0.05) is 62.3 Å². The van der Waals surface area contributed by atoms with Crippen molar-refractivity contribution in [1.29, 1.82) is 0 Å². The Morgan fingerprint density at radius 1 is 1.00 bits per heavy atom. The summed E-state index contributed by atoms with van der Waals surface area (Å²) in [5.74, 6) is -0.442. The van der Waals surface area contributed by atoms with E-state index < -0.39 is 5.91 Å². The first-order chi connectivity index (χ1) is 9.36. The van der Waals surface area contributed by atoms with Crippen molar-refractivity contribution in [3.8, 4) is 0 Å². The third-order valence-electron chi connectivity index (χ3n) is 2.27. The van der Waals surface area contributed by atoms with Crippen molar-refractivity contribution >= 4 is 73.9 Å². The Morgan fingerprint density at radius 2 is 1.50 bits per heavy atom. The molecule has 0 saturated heterocycles. The number of hydrogen-bond acceptors (Lipinski definition) is 2. The molecule has 104 valence electrons. The molecular weight excluding hydrogens is 410 g/mol. The van der Waals surface area contributed by atoms with Crippen LogP contribution in [0, 0.1) is 0 Å². The second-order valence-corrected chi connectivity index (χ2v) is 6.20. The lowest BCUT2D eigenvalue weighted by atomic mass is 10.2. The second-order valence-electron chi connectivity index (χ2n) is 3.70. The second kappa shape index (κ2) is 6.50. The minimum absolute atomic E-state index is 0.121. The van der Waals surface area contributed by atoms with Crippen molar-refractivity contribution in [2.24, 2.45) is 0 Å². The minimum atomic E-state index is -0.442. The van der Waals surface area contributed by atoms with Gasteiger partial charge in [-0.15, -0.1) is 0 Å². The highest BCUT2D eigenvalue weighted by Gasteiger charge is 2.14. The van der Waals surface area contributed by atoms with Crippen LogP contribution < -0.4 is 5.32 Å². The number of pyridine rings is 1.